The molecule has 2 N–H and O–H groups in total. The van der Waals surface area contributed by atoms with Crippen molar-refractivity contribution < 1.29 is 19.1 Å². The molecule has 0 aromatic heterocycles. The van der Waals surface area contributed by atoms with Crippen LogP contribution in [0.3, 0.4) is 0 Å². The molecule has 156 valence electrons. The fourth-order valence-corrected chi connectivity index (χ4v) is 3.94. The average molecular weight is 415 g/mol. The van der Waals surface area contributed by atoms with Crippen LogP contribution < -0.4 is 5.32 Å². The molecule has 3 aromatic carbocycles. The zero-order valence-corrected chi connectivity index (χ0v) is 17.3. The van der Waals surface area contributed by atoms with E-state index in [1.807, 2.05) is 42.5 Å². The third-order valence-electron chi connectivity index (χ3n) is 5.66. The molecule has 5 heteroatoms. The number of carbonyl (C=O) groups is 2. The van der Waals surface area contributed by atoms with Gasteiger partial charge in [0.2, 0.25) is 0 Å². The first-order chi connectivity index (χ1) is 14.8. The Bertz CT molecular complexity index is 1210. The SMILES string of the molecule is CC1(C)CC=C(c2ccccc2)c2cc(C(=O)Nc3ccc(C(=O)O)c(F)c3)ccc21. The van der Waals surface area contributed by atoms with Crippen molar-refractivity contribution in [3.05, 3.63) is 106 Å². The zero-order valence-electron chi connectivity index (χ0n) is 17.3. The molecule has 31 heavy (non-hydrogen) atoms. The minimum absolute atomic E-state index is 0.0571. The summed E-state index contributed by atoms with van der Waals surface area (Å²) in [5.41, 5.74) is 4.49. The highest BCUT2D eigenvalue weighted by atomic mass is 19.1. The van der Waals surface area contributed by atoms with E-state index in [2.05, 4.69) is 25.2 Å². The number of carbonyl (C=O) groups excluding carboxylic acids is 1. The Morgan fingerprint density at radius 1 is 1.00 bits per heavy atom. The second-order valence-corrected chi connectivity index (χ2v) is 8.29. The number of amides is 1. The molecular weight excluding hydrogens is 393 g/mol. The van der Waals surface area contributed by atoms with E-state index in [4.69, 9.17) is 5.11 Å². The van der Waals surface area contributed by atoms with E-state index in [0.29, 0.717) is 5.56 Å². The van der Waals surface area contributed by atoms with E-state index in [-0.39, 0.29) is 17.0 Å². The van der Waals surface area contributed by atoms with Gasteiger partial charge < -0.3 is 10.4 Å². The van der Waals surface area contributed by atoms with Gasteiger partial charge in [0.25, 0.3) is 5.91 Å². The largest absolute Gasteiger partial charge is 0.478 e. The molecule has 0 fully saturated rings. The van der Waals surface area contributed by atoms with Gasteiger partial charge in [0.1, 0.15) is 5.82 Å². The zero-order chi connectivity index (χ0) is 22.2. The van der Waals surface area contributed by atoms with Crippen LogP contribution in [0.2, 0.25) is 0 Å². The van der Waals surface area contributed by atoms with Crippen LogP contribution in [0.1, 0.15) is 57.7 Å². The van der Waals surface area contributed by atoms with Gasteiger partial charge in [-0.05, 0) is 64.4 Å². The molecule has 1 amide bonds. The van der Waals surface area contributed by atoms with E-state index in [1.54, 1.807) is 6.07 Å². The fraction of sp³-hybridized carbons (Fsp3) is 0.154. The smallest absolute Gasteiger partial charge is 0.338 e. The van der Waals surface area contributed by atoms with Gasteiger partial charge in [-0.2, -0.15) is 0 Å². The third-order valence-corrected chi connectivity index (χ3v) is 5.66. The van der Waals surface area contributed by atoms with Crippen molar-refractivity contribution in [1.82, 2.24) is 0 Å². The lowest BCUT2D eigenvalue weighted by Gasteiger charge is -2.32. The lowest BCUT2D eigenvalue weighted by molar-refractivity contribution is 0.0691. The first-order valence-electron chi connectivity index (χ1n) is 10.0. The van der Waals surface area contributed by atoms with Crippen LogP contribution >= 0.6 is 0 Å². The Kier molecular flexibility index (Phi) is 5.19. The van der Waals surface area contributed by atoms with Crippen LogP contribution in [0.5, 0.6) is 0 Å². The van der Waals surface area contributed by atoms with E-state index >= 15 is 0 Å². The summed E-state index contributed by atoms with van der Waals surface area (Å²) in [6.45, 7) is 4.35. The second-order valence-electron chi connectivity index (χ2n) is 8.29. The van der Waals surface area contributed by atoms with Crippen LogP contribution in [0, 0.1) is 5.82 Å². The highest BCUT2D eigenvalue weighted by Crippen LogP contribution is 2.41. The Morgan fingerprint density at radius 3 is 2.42 bits per heavy atom. The van der Waals surface area contributed by atoms with E-state index in [0.717, 1.165) is 35.3 Å². The van der Waals surface area contributed by atoms with Gasteiger partial charge in [0.05, 0.1) is 5.56 Å². The molecule has 4 nitrogen and oxygen atoms in total. The highest BCUT2D eigenvalue weighted by Gasteiger charge is 2.29. The summed E-state index contributed by atoms with van der Waals surface area (Å²) < 4.78 is 14.0. The lowest BCUT2D eigenvalue weighted by Crippen LogP contribution is -2.23. The van der Waals surface area contributed by atoms with Crippen molar-refractivity contribution in [2.45, 2.75) is 25.7 Å². The quantitative estimate of drug-likeness (QED) is 0.558. The molecule has 0 unspecified atom stereocenters. The van der Waals surface area contributed by atoms with Gasteiger partial charge in [0.15, 0.2) is 0 Å². The average Bonchev–Trinajstić information content (AvgIpc) is 2.74. The molecule has 0 saturated heterocycles. The number of aromatic carboxylic acids is 1. The molecular formula is C26H22FNO3. The molecule has 1 aliphatic carbocycles. The molecule has 1 aliphatic rings. The Labute approximate surface area is 180 Å². The minimum Gasteiger partial charge on any atom is -0.478 e. The van der Waals surface area contributed by atoms with Crippen LogP contribution in [0.15, 0.2) is 72.8 Å². The maximum Gasteiger partial charge on any atom is 0.338 e. The lowest BCUT2D eigenvalue weighted by atomic mass is 9.72. The van der Waals surface area contributed by atoms with Crippen LogP contribution in [0.25, 0.3) is 5.57 Å². The highest BCUT2D eigenvalue weighted by molar-refractivity contribution is 6.05. The first kappa shape index (κ1) is 20.5. The Balaban J connectivity index is 1.68. The van der Waals surface area contributed by atoms with Crippen LogP contribution in [0.4, 0.5) is 10.1 Å². The van der Waals surface area contributed by atoms with Crippen molar-refractivity contribution in [2.75, 3.05) is 5.32 Å². The summed E-state index contributed by atoms with van der Waals surface area (Å²) in [5, 5.41) is 11.6. The van der Waals surface area contributed by atoms with E-state index in [1.165, 1.54) is 11.6 Å². The topological polar surface area (TPSA) is 66.4 Å². The maximum atomic E-state index is 14.0. The molecule has 0 radical (unpaired) electrons. The molecule has 3 aromatic rings. The number of halogens is 1. The number of allylic oxidation sites excluding steroid dienone is 1. The van der Waals surface area contributed by atoms with Crippen LogP contribution in [-0.2, 0) is 5.41 Å². The van der Waals surface area contributed by atoms with E-state index < -0.39 is 17.3 Å². The first-order valence-corrected chi connectivity index (χ1v) is 10.0. The minimum atomic E-state index is -1.35. The predicted molar refractivity (Wildman–Crippen MR) is 119 cm³/mol. The number of rotatable bonds is 4. The van der Waals surface area contributed by atoms with Crippen molar-refractivity contribution in [3.8, 4) is 0 Å². The van der Waals surface area contributed by atoms with Crippen molar-refractivity contribution in [3.63, 3.8) is 0 Å². The molecule has 0 spiro atoms. The molecule has 0 bridgehead atoms. The van der Waals surface area contributed by atoms with Gasteiger partial charge in [-0.15, -0.1) is 0 Å². The Morgan fingerprint density at radius 2 is 1.74 bits per heavy atom. The van der Waals surface area contributed by atoms with Crippen molar-refractivity contribution in [2.24, 2.45) is 0 Å². The number of anilines is 1. The number of carboxylic acids is 1. The summed E-state index contributed by atoms with van der Waals surface area (Å²) in [4.78, 5) is 23.8. The summed E-state index contributed by atoms with van der Waals surface area (Å²) >= 11 is 0. The maximum absolute atomic E-state index is 14.0. The Hall–Kier alpha value is -3.73. The number of nitrogens with one attached hydrogen (secondary N) is 1. The number of carboxylic acid groups (broad SMARTS) is 1. The van der Waals surface area contributed by atoms with Gasteiger partial charge >= 0.3 is 5.97 Å². The number of hydrogen-bond acceptors (Lipinski definition) is 2. The number of hydrogen-bond donors (Lipinski definition) is 2. The van der Waals surface area contributed by atoms with Crippen molar-refractivity contribution in [1.29, 1.82) is 0 Å². The molecule has 4 rings (SSSR count). The summed E-state index contributed by atoms with van der Waals surface area (Å²) in [5.74, 6) is -2.64. The summed E-state index contributed by atoms with van der Waals surface area (Å²) in [7, 11) is 0. The molecule has 0 aliphatic heterocycles. The monoisotopic (exact) mass is 415 g/mol. The predicted octanol–water partition coefficient (Wildman–Crippen LogP) is 5.89. The normalized spacial score (nSPS) is 14.4. The molecule has 0 heterocycles. The van der Waals surface area contributed by atoms with Gasteiger partial charge in [0, 0.05) is 11.3 Å². The number of benzene rings is 3. The standard InChI is InChI=1S/C26H22FNO3/c1-26(2)13-12-19(16-6-4-3-5-7-16)21-14-17(8-11-22(21)26)24(29)28-18-9-10-20(25(30)31)23(27)15-18/h3-12,14-15H,13H2,1-2H3,(H,28,29)(H,30,31). The molecule has 0 atom stereocenters. The van der Waals surface area contributed by atoms with Gasteiger partial charge in [-0.25, -0.2) is 9.18 Å². The van der Waals surface area contributed by atoms with Crippen molar-refractivity contribution >= 4 is 23.1 Å². The second kappa shape index (κ2) is 7.84. The summed E-state index contributed by atoms with van der Waals surface area (Å²) in [6.07, 6.45) is 3.10. The van der Waals surface area contributed by atoms with E-state index in [9.17, 15) is 14.0 Å². The summed E-state index contributed by atoms with van der Waals surface area (Å²) in [6, 6.07) is 19.2. The molecule has 0 saturated carbocycles. The van der Waals surface area contributed by atoms with Gasteiger partial charge in [-0.1, -0.05) is 56.3 Å². The van der Waals surface area contributed by atoms with Crippen LogP contribution in [-0.4, -0.2) is 17.0 Å². The third kappa shape index (κ3) is 3.99. The fourth-order valence-electron chi connectivity index (χ4n) is 3.94. The number of fused-ring (bicyclic) bond motifs is 1. The van der Waals surface area contributed by atoms with Gasteiger partial charge in [-0.3, -0.25) is 4.79 Å².